The number of hydrogen-bond donors (Lipinski definition) is 0. The molecule has 1 saturated heterocycles. The van der Waals surface area contributed by atoms with Crippen LogP contribution in [-0.2, 0) is 19.0 Å². The second-order valence-electron chi connectivity index (χ2n) is 14.4. The van der Waals surface area contributed by atoms with Gasteiger partial charge in [-0.1, -0.05) is 113 Å². The Morgan fingerprint density at radius 1 is 0.905 bits per heavy atom. The van der Waals surface area contributed by atoms with Gasteiger partial charge in [-0.15, -0.1) is 0 Å². The van der Waals surface area contributed by atoms with Gasteiger partial charge in [0.25, 0.3) is 0 Å². The molecule has 42 heavy (non-hydrogen) atoms. The smallest absolute Gasteiger partial charge is 0.335 e. The minimum Gasteiger partial charge on any atom is -0.462 e. The fourth-order valence-corrected chi connectivity index (χ4v) is 10.0. The predicted octanol–water partition coefficient (Wildman–Crippen LogP) is 8.95. The second-order valence-corrected chi connectivity index (χ2v) is 19.3. The van der Waals surface area contributed by atoms with Crippen molar-refractivity contribution in [1.29, 1.82) is 0 Å². The van der Waals surface area contributed by atoms with E-state index in [1.807, 2.05) is 0 Å². The van der Waals surface area contributed by atoms with Crippen molar-refractivity contribution in [2.24, 2.45) is 17.8 Å². The van der Waals surface area contributed by atoms with Crippen LogP contribution in [0.4, 0.5) is 0 Å². The van der Waals surface area contributed by atoms with Crippen LogP contribution in [0.25, 0.3) is 0 Å². The lowest BCUT2D eigenvalue weighted by Crippen LogP contribution is -2.41. The number of unbranched alkanes of at least 4 members (excludes halogenated alkanes) is 4. The van der Waals surface area contributed by atoms with Gasteiger partial charge < -0.3 is 14.2 Å². The standard InChI is InChI=1S/C37H60O4Si/c1-5-6-8-11-30-12-14-31(15-13-30)32-16-18-33(19-17-32)34-20-22-36(23-21-34)42(3,4)25-10-7-9-24-40-37(38)29(2)26-39-27-35-28-41-35/h20-23,30-33,35H,2,5-19,24-28H2,1,3-4H3. The first-order valence-corrected chi connectivity index (χ1v) is 20.7. The zero-order valence-electron chi connectivity index (χ0n) is 27.2. The lowest BCUT2D eigenvalue weighted by atomic mass is 9.68. The molecule has 1 unspecified atom stereocenters. The summed E-state index contributed by atoms with van der Waals surface area (Å²) in [6.45, 7) is 13.1. The van der Waals surface area contributed by atoms with Crippen LogP contribution >= 0.6 is 0 Å². The van der Waals surface area contributed by atoms with Crippen molar-refractivity contribution >= 4 is 19.2 Å². The molecule has 5 heteroatoms. The van der Waals surface area contributed by atoms with E-state index in [0.29, 0.717) is 18.8 Å². The van der Waals surface area contributed by atoms with E-state index in [9.17, 15) is 4.79 Å². The predicted molar refractivity (Wildman–Crippen MR) is 177 cm³/mol. The maximum atomic E-state index is 12.1. The van der Waals surface area contributed by atoms with Gasteiger partial charge in [-0.2, -0.15) is 0 Å². The summed E-state index contributed by atoms with van der Waals surface area (Å²) >= 11 is 0. The van der Waals surface area contributed by atoms with Crippen LogP contribution in [0.5, 0.6) is 0 Å². The molecule has 4 rings (SSSR count). The average Bonchev–Trinajstić information content (AvgIpc) is 3.84. The largest absolute Gasteiger partial charge is 0.462 e. The third-order valence-electron chi connectivity index (χ3n) is 10.7. The third kappa shape index (κ3) is 10.9. The molecular weight excluding hydrogens is 536 g/mol. The van der Waals surface area contributed by atoms with Crippen molar-refractivity contribution in [3.63, 3.8) is 0 Å². The third-order valence-corrected chi connectivity index (χ3v) is 14.2. The Kier molecular flexibility index (Phi) is 13.7. The normalized spacial score (nSPS) is 26.1. The maximum Gasteiger partial charge on any atom is 0.335 e. The SMILES string of the molecule is C=C(COCC1CO1)C(=O)OCCCCC[Si](C)(C)c1ccc(C2CCC(C3CCC(CCCCC)CC3)CC2)cc1. The average molecular weight is 597 g/mol. The lowest BCUT2D eigenvalue weighted by Gasteiger charge is -2.38. The summed E-state index contributed by atoms with van der Waals surface area (Å²) in [5.41, 5.74) is 1.97. The van der Waals surface area contributed by atoms with Crippen LogP contribution in [0.2, 0.25) is 19.1 Å². The first kappa shape index (κ1) is 33.5. The first-order chi connectivity index (χ1) is 20.4. The van der Waals surface area contributed by atoms with Crippen LogP contribution in [0.3, 0.4) is 0 Å². The van der Waals surface area contributed by atoms with Crippen molar-refractivity contribution in [1.82, 2.24) is 0 Å². The molecule has 1 aliphatic heterocycles. The van der Waals surface area contributed by atoms with Gasteiger partial charge >= 0.3 is 5.97 Å². The molecule has 0 N–H and O–H groups in total. The minimum atomic E-state index is -1.47. The fraction of sp³-hybridized carbons (Fsp3) is 0.757. The molecule has 3 aliphatic rings. The zero-order chi connectivity index (χ0) is 29.8. The highest BCUT2D eigenvalue weighted by atomic mass is 28.3. The van der Waals surface area contributed by atoms with Crippen LogP contribution < -0.4 is 5.19 Å². The monoisotopic (exact) mass is 596 g/mol. The van der Waals surface area contributed by atoms with E-state index in [1.165, 1.54) is 89.5 Å². The van der Waals surface area contributed by atoms with Crippen molar-refractivity contribution in [2.45, 2.75) is 134 Å². The van der Waals surface area contributed by atoms with Crippen molar-refractivity contribution in [2.75, 3.05) is 26.4 Å². The van der Waals surface area contributed by atoms with Crippen molar-refractivity contribution in [3.8, 4) is 0 Å². The summed E-state index contributed by atoms with van der Waals surface area (Å²) < 4.78 is 15.9. The molecule has 2 aliphatic carbocycles. The molecule has 1 aromatic rings. The highest BCUT2D eigenvalue weighted by molar-refractivity contribution is 6.89. The number of ether oxygens (including phenoxy) is 3. The molecule has 1 aromatic carbocycles. The summed E-state index contributed by atoms with van der Waals surface area (Å²) in [7, 11) is -1.47. The van der Waals surface area contributed by atoms with Gasteiger partial charge in [-0.05, 0) is 74.2 Å². The molecule has 0 aromatic heterocycles. The topological polar surface area (TPSA) is 48.1 Å². The van der Waals surface area contributed by atoms with Crippen LogP contribution in [-0.4, -0.2) is 46.6 Å². The van der Waals surface area contributed by atoms with E-state index in [2.05, 4.69) is 50.9 Å². The number of epoxide rings is 1. The Balaban J connectivity index is 1.09. The fourth-order valence-electron chi connectivity index (χ4n) is 7.56. The molecule has 2 saturated carbocycles. The van der Waals surface area contributed by atoms with E-state index in [-0.39, 0.29) is 18.7 Å². The zero-order valence-corrected chi connectivity index (χ0v) is 28.2. The molecule has 0 amide bonds. The minimum absolute atomic E-state index is 0.198. The number of carbonyl (C=O) groups is 1. The van der Waals surface area contributed by atoms with Gasteiger partial charge in [0.1, 0.15) is 6.10 Å². The van der Waals surface area contributed by atoms with Crippen molar-refractivity contribution < 1.29 is 19.0 Å². The molecule has 0 bridgehead atoms. The van der Waals surface area contributed by atoms with Gasteiger partial charge in [0.2, 0.25) is 0 Å². The van der Waals surface area contributed by atoms with Gasteiger partial charge in [0.05, 0.1) is 40.1 Å². The second kappa shape index (κ2) is 17.2. The van der Waals surface area contributed by atoms with E-state index >= 15 is 0 Å². The Hall–Kier alpha value is -1.43. The number of carbonyl (C=O) groups excluding carboxylic acids is 1. The van der Waals surface area contributed by atoms with Gasteiger partial charge in [0, 0.05) is 0 Å². The van der Waals surface area contributed by atoms with Gasteiger partial charge in [-0.25, -0.2) is 4.79 Å². The molecule has 1 atom stereocenters. The van der Waals surface area contributed by atoms with E-state index in [1.54, 1.807) is 10.8 Å². The summed E-state index contributed by atoms with van der Waals surface area (Å²) in [4.78, 5) is 12.1. The van der Waals surface area contributed by atoms with E-state index < -0.39 is 8.07 Å². The number of benzene rings is 1. The summed E-state index contributed by atoms with van der Waals surface area (Å²) in [5, 5.41) is 1.58. The first-order valence-electron chi connectivity index (χ1n) is 17.5. The van der Waals surface area contributed by atoms with Crippen LogP contribution in [0, 0.1) is 17.8 Å². The highest BCUT2D eigenvalue weighted by Gasteiger charge is 2.31. The summed E-state index contributed by atoms with van der Waals surface area (Å²) in [5.74, 6) is 3.47. The van der Waals surface area contributed by atoms with Gasteiger partial charge in [-0.3, -0.25) is 0 Å². The van der Waals surface area contributed by atoms with E-state index in [0.717, 1.165) is 43.1 Å². The Morgan fingerprint density at radius 2 is 1.57 bits per heavy atom. The number of rotatable bonds is 18. The number of hydrogen-bond acceptors (Lipinski definition) is 4. The Labute approximate surface area is 258 Å². The molecule has 3 fully saturated rings. The Morgan fingerprint density at radius 3 is 2.21 bits per heavy atom. The molecule has 4 nitrogen and oxygen atoms in total. The molecular formula is C37H60O4Si. The van der Waals surface area contributed by atoms with E-state index in [4.69, 9.17) is 14.2 Å². The summed E-state index contributed by atoms with van der Waals surface area (Å²) in [6, 6.07) is 11.1. The van der Waals surface area contributed by atoms with Crippen molar-refractivity contribution in [3.05, 3.63) is 42.0 Å². The molecule has 236 valence electrons. The maximum absolute atomic E-state index is 12.1. The lowest BCUT2D eigenvalue weighted by molar-refractivity contribution is -0.139. The quantitative estimate of drug-likeness (QED) is 0.0558. The van der Waals surface area contributed by atoms with Crippen LogP contribution in [0.15, 0.2) is 36.4 Å². The molecule has 0 spiro atoms. The number of esters is 1. The highest BCUT2D eigenvalue weighted by Crippen LogP contribution is 2.44. The van der Waals surface area contributed by atoms with Crippen LogP contribution in [0.1, 0.15) is 115 Å². The summed E-state index contributed by atoms with van der Waals surface area (Å²) in [6.07, 6.45) is 20.8. The molecule has 0 radical (unpaired) electrons. The molecule has 1 heterocycles. The Bertz CT molecular complexity index is 937. The van der Waals surface area contributed by atoms with Gasteiger partial charge in [0.15, 0.2) is 0 Å².